The number of nitrogens with zero attached hydrogens (tertiary/aromatic N) is 2. The third-order valence-corrected chi connectivity index (χ3v) is 5.45. The maximum Gasteiger partial charge on any atom is 0.317 e. The number of morpholine rings is 1. The van der Waals surface area contributed by atoms with Crippen LogP contribution in [-0.4, -0.2) is 73.7 Å². The summed E-state index contributed by atoms with van der Waals surface area (Å²) >= 11 is 0. The third-order valence-electron chi connectivity index (χ3n) is 5.45. The number of carbonyl (C=O) groups is 2. The first-order valence-corrected chi connectivity index (χ1v) is 9.20. The maximum absolute atomic E-state index is 12.4. The van der Waals surface area contributed by atoms with Gasteiger partial charge in [0.2, 0.25) is 5.91 Å². The third kappa shape index (κ3) is 4.83. The van der Waals surface area contributed by atoms with Gasteiger partial charge in [-0.1, -0.05) is 26.7 Å². The molecule has 0 aromatic heterocycles. The number of carbonyl (C=O) groups excluding carboxylic acids is 2. The zero-order chi connectivity index (χ0) is 17.5. The van der Waals surface area contributed by atoms with Gasteiger partial charge in [-0.15, -0.1) is 0 Å². The SMILES string of the molecule is CCC(CC)[C@@H](CNC(=O)N1CC[C@@H](C(N)=O)C1)N1CCOCC1. The first-order chi connectivity index (χ1) is 11.6. The van der Waals surface area contributed by atoms with Crippen LogP contribution >= 0.6 is 0 Å². The van der Waals surface area contributed by atoms with Crippen molar-refractivity contribution in [2.45, 2.75) is 39.2 Å². The molecular formula is C17H32N4O3. The zero-order valence-electron chi connectivity index (χ0n) is 15.0. The fraction of sp³-hybridized carbons (Fsp3) is 0.882. The topological polar surface area (TPSA) is 87.9 Å². The molecule has 2 heterocycles. The predicted molar refractivity (Wildman–Crippen MR) is 92.5 cm³/mol. The quantitative estimate of drug-likeness (QED) is 0.712. The van der Waals surface area contributed by atoms with Crippen LogP contribution in [0.4, 0.5) is 4.79 Å². The fourth-order valence-electron chi connectivity index (χ4n) is 3.82. The van der Waals surface area contributed by atoms with Crippen LogP contribution in [0.3, 0.4) is 0 Å². The Morgan fingerprint density at radius 3 is 2.42 bits per heavy atom. The van der Waals surface area contributed by atoms with Crippen molar-refractivity contribution in [3.8, 4) is 0 Å². The molecule has 0 radical (unpaired) electrons. The number of rotatable bonds is 7. The highest BCUT2D eigenvalue weighted by Gasteiger charge is 2.31. The van der Waals surface area contributed by atoms with Gasteiger partial charge in [0.15, 0.2) is 0 Å². The summed E-state index contributed by atoms with van der Waals surface area (Å²) in [5.74, 6) is 0.0405. The van der Waals surface area contributed by atoms with E-state index in [9.17, 15) is 9.59 Å². The Labute approximate surface area is 144 Å². The maximum atomic E-state index is 12.4. The molecule has 0 aromatic carbocycles. The van der Waals surface area contributed by atoms with Gasteiger partial charge in [-0.25, -0.2) is 4.79 Å². The van der Waals surface area contributed by atoms with Gasteiger partial charge >= 0.3 is 6.03 Å². The van der Waals surface area contributed by atoms with E-state index in [1.165, 1.54) is 0 Å². The molecule has 2 saturated heterocycles. The molecule has 0 bridgehead atoms. The van der Waals surface area contributed by atoms with Crippen molar-refractivity contribution in [3.05, 3.63) is 0 Å². The second-order valence-corrected chi connectivity index (χ2v) is 6.81. The Bertz CT molecular complexity index is 422. The molecule has 7 nitrogen and oxygen atoms in total. The summed E-state index contributed by atoms with van der Waals surface area (Å²) in [5, 5.41) is 3.08. The summed E-state index contributed by atoms with van der Waals surface area (Å²) in [6, 6.07) is 0.255. The molecule has 24 heavy (non-hydrogen) atoms. The number of hydrogen-bond donors (Lipinski definition) is 2. The average Bonchev–Trinajstić information content (AvgIpc) is 3.09. The van der Waals surface area contributed by atoms with E-state index < -0.39 is 0 Å². The van der Waals surface area contributed by atoms with Crippen LogP contribution in [0.2, 0.25) is 0 Å². The molecule has 3 amide bonds. The van der Waals surface area contributed by atoms with Crippen molar-refractivity contribution in [2.24, 2.45) is 17.6 Å². The number of primary amides is 1. The monoisotopic (exact) mass is 340 g/mol. The van der Waals surface area contributed by atoms with Crippen molar-refractivity contribution in [2.75, 3.05) is 45.9 Å². The molecule has 2 fully saturated rings. The number of nitrogens with two attached hydrogens (primary N) is 1. The van der Waals surface area contributed by atoms with Crippen LogP contribution in [0.5, 0.6) is 0 Å². The van der Waals surface area contributed by atoms with Crippen LogP contribution in [0.1, 0.15) is 33.1 Å². The lowest BCUT2D eigenvalue weighted by atomic mass is 9.92. The lowest BCUT2D eigenvalue weighted by Gasteiger charge is -2.39. The molecule has 2 aliphatic heterocycles. The standard InChI is InChI=1S/C17H32N4O3/c1-3-13(4-2)15(20-7-9-24-10-8-20)11-19-17(23)21-6-5-14(12-21)16(18)22/h13-15H,3-12H2,1-2H3,(H2,18,22)(H,19,23)/t14-,15-/m1/s1. The molecule has 138 valence electrons. The van der Waals surface area contributed by atoms with Crippen LogP contribution in [-0.2, 0) is 9.53 Å². The number of amides is 3. The van der Waals surface area contributed by atoms with Gasteiger partial charge in [-0.05, 0) is 12.3 Å². The number of nitrogens with one attached hydrogen (secondary N) is 1. The van der Waals surface area contributed by atoms with Gasteiger partial charge in [0.05, 0.1) is 19.1 Å². The summed E-state index contributed by atoms with van der Waals surface area (Å²) in [7, 11) is 0. The molecule has 2 aliphatic rings. The second kappa shape index (κ2) is 9.22. The minimum absolute atomic E-state index is 0.0806. The smallest absolute Gasteiger partial charge is 0.317 e. The lowest BCUT2D eigenvalue weighted by molar-refractivity contribution is -0.121. The van der Waals surface area contributed by atoms with Gasteiger partial charge in [0, 0.05) is 38.8 Å². The molecule has 2 rings (SSSR count). The number of hydrogen-bond acceptors (Lipinski definition) is 4. The van der Waals surface area contributed by atoms with Crippen molar-refractivity contribution in [1.82, 2.24) is 15.1 Å². The van der Waals surface area contributed by atoms with Gasteiger partial charge in [0.25, 0.3) is 0 Å². The highest BCUT2D eigenvalue weighted by molar-refractivity contribution is 5.80. The van der Waals surface area contributed by atoms with Gasteiger partial charge in [-0.2, -0.15) is 0 Å². The van der Waals surface area contributed by atoms with E-state index in [-0.39, 0.29) is 17.9 Å². The lowest BCUT2D eigenvalue weighted by Crippen LogP contribution is -2.53. The van der Waals surface area contributed by atoms with Gasteiger partial charge in [-0.3, -0.25) is 9.69 Å². The largest absolute Gasteiger partial charge is 0.379 e. The molecule has 0 unspecified atom stereocenters. The van der Waals surface area contributed by atoms with Crippen LogP contribution in [0.15, 0.2) is 0 Å². The van der Waals surface area contributed by atoms with E-state index in [1.54, 1.807) is 4.90 Å². The average molecular weight is 340 g/mol. The van der Waals surface area contributed by atoms with E-state index in [1.807, 2.05) is 0 Å². The van der Waals surface area contributed by atoms with Crippen LogP contribution < -0.4 is 11.1 Å². The molecule has 7 heteroatoms. The van der Waals surface area contributed by atoms with Crippen molar-refractivity contribution in [3.63, 3.8) is 0 Å². The first-order valence-electron chi connectivity index (χ1n) is 9.20. The van der Waals surface area contributed by atoms with E-state index in [4.69, 9.17) is 10.5 Å². The highest BCUT2D eigenvalue weighted by Crippen LogP contribution is 2.20. The summed E-state index contributed by atoms with van der Waals surface area (Å²) in [4.78, 5) is 27.8. The number of likely N-dealkylation sites (tertiary alicyclic amines) is 1. The van der Waals surface area contributed by atoms with Crippen molar-refractivity contribution in [1.29, 1.82) is 0 Å². The van der Waals surface area contributed by atoms with Crippen molar-refractivity contribution >= 4 is 11.9 Å². The molecule has 0 spiro atoms. The van der Waals surface area contributed by atoms with E-state index in [0.717, 1.165) is 39.1 Å². The minimum atomic E-state index is -0.312. The van der Waals surface area contributed by atoms with Crippen molar-refractivity contribution < 1.29 is 14.3 Å². The summed E-state index contributed by atoms with van der Waals surface area (Å²) in [5.41, 5.74) is 5.34. The first kappa shape index (κ1) is 19.0. The molecule has 0 saturated carbocycles. The molecule has 2 atom stereocenters. The zero-order valence-corrected chi connectivity index (χ0v) is 15.0. The Hall–Kier alpha value is -1.34. The minimum Gasteiger partial charge on any atom is -0.379 e. The highest BCUT2D eigenvalue weighted by atomic mass is 16.5. The Morgan fingerprint density at radius 1 is 1.21 bits per heavy atom. The Kier molecular flexibility index (Phi) is 7.30. The van der Waals surface area contributed by atoms with Crippen LogP contribution in [0, 0.1) is 11.8 Å². The van der Waals surface area contributed by atoms with E-state index in [2.05, 4.69) is 24.1 Å². The molecule has 0 aliphatic carbocycles. The number of ether oxygens (including phenoxy) is 1. The molecule has 3 N–H and O–H groups in total. The Morgan fingerprint density at radius 2 is 1.88 bits per heavy atom. The summed E-state index contributed by atoms with van der Waals surface area (Å²) in [6.45, 7) is 9.47. The summed E-state index contributed by atoms with van der Waals surface area (Å²) < 4.78 is 5.46. The van der Waals surface area contributed by atoms with Crippen LogP contribution in [0.25, 0.3) is 0 Å². The van der Waals surface area contributed by atoms with E-state index in [0.29, 0.717) is 38.0 Å². The van der Waals surface area contributed by atoms with Gasteiger partial charge < -0.3 is 20.7 Å². The molecular weight excluding hydrogens is 308 g/mol. The summed E-state index contributed by atoms with van der Waals surface area (Å²) in [6.07, 6.45) is 2.87. The second-order valence-electron chi connectivity index (χ2n) is 6.81. The Balaban J connectivity index is 1.89. The van der Waals surface area contributed by atoms with E-state index >= 15 is 0 Å². The normalized spacial score (nSPS) is 23.5. The predicted octanol–water partition coefficient (Wildman–Crippen LogP) is 0.640. The molecule has 0 aromatic rings. The number of urea groups is 1. The van der Waals surface area contributed by atoms with Gasteiger partial charge in [0.1, 0.15) is 0 Å². The fourth-order valence-corrected chi connectivity index (χ4v) is 3.82.